The van der Waals surface area contributed by atoms with Gasteiger partial charge in [-0.3, -0.25) is 0 Å². The van der Waals surface area contributed by atoms with Crippen LogP contribution >= 0.6 is 0 Å². The fourth-order valence-corrected chi connectivity index (χ4v) is 2.47. The lowest BCUT2D eigenvalue weighted by Crippen LogP contribution is -2.16. The first-order chi connectivity index (χ1) is 9.28. The van der Waals surface area contributed by atoms with E-state index in [0.29, 0.717) is 0 Å². The zero-order valence-corrected chi connectivity index (χ0v) is 11.2. The first-order valence-corrected chi connectivity index (χ1v) is 6.50. The predicted octanol–water partition coefficient (Wildman–Crippen LogP) is 4.05. The van der Waals surface area contributed by atoms with Crippen molar-refractivity contribution in [2.45, 2.75) is 13.0 Å². The predicted molar refractivity (Wildman–Crippen MR) is 78.3 cm³/mol. The highest BCUT2D eigenvalue weighted by Gasteiger charge is 2.15. The normalized spacial score (nSPS) is 12.7. The monoisotopic (exact) mass is 251 g/mol. The highest BCUT2D eigenvalue weighted by atomic mass is 16.3. The molecule has 3 aromatic rings. The summed E-state index contributed by atoms with van der Waals surface area (Å²) in [5, 5.41) is 5.83. The van der Waals surface area contributed by atoms with Gasteiger partial charge in [-0.25, -0.2) is 0 Å². The van der Waals surface area contributed by atoms with Gasteiger partial charge in [0.05, 0.1) is 6.04 Å². The molecule has 1 unspecified atom stereocenters. The van der Waals surface area contributed by atoms with Crippen molar-refractivity contribution < 1.29 is 4.42 Å². The molecule has 2 nitrogen and oxygen atoms in total. The lowest BCUT2D eigenvalue weighted by molar-refractivity contribution is 0.444. The summed E-state index contributed by atoms with van der Waals surface area (Å²) >= 11 is 0. The molecule has 0 bridgehead atoms. The van der Waals surface area contributed by atoms with Crippen LogP contribution in [0.1, 0.15) is 23.1 Å². The minimum atomic E-state index is 0.0957. The minimum Gasteiger partial charge on any atom is -0.464 e. The summed E-state index contributed by atoms with van der Waals surface area (Å²) in [7, 11) is 1.96. The van der Waals surface area contributed by atoms with Gasteiger partial charge in [0.25, 0.3) is 0 Å². The molecule has 1 atom stereocenters. The highest BCUT2D eigenvalue weighted by molar-refractivity contribution is 5.83. The fourth-order valence-electron chi connectivity index (χ4n) is 2.47. The third-order valence-corrected chi connectivity index (χ3v) is 3.44. The molecule has 2 aromatic carbocycles. The van der Waals surface area contributed by atoms with Gasteiger partial charge in [0, 0.05) is 0 Å². The van der Waals surface area contributed by atoms with Crippen molar-refractivity contribution in [3.8, 4) is 0 Å². The van der Waals surface area contributed by atoms with Crippen LogP contribution in [0.2, 0.25) is 0 Å². The van der Waals surface area contributed by atoms with E-state index in [9.17, 15) is 0 Å². The van der Waals surface area contributed by atoms with Gasteiger partial charge in [-0.1, -0.05) is 36.4 Å². The van der Waals surface area contributed by atoms with E-state index < -0.39 is 0 Å². The van der Waals surface area contributed by atoms with E-state index in [2.05, 4.69) is 47.8 Å². The number of furan rings is 1. The van der Waals surface area contributed by atoms with Gasteiger partial charge in [-0.15, -0.1) is 0 Å². The molecular weight excluding hydrogens is 234 g/mol. The van der Waals surface area contributed by atoms with Crippen LogP contribution in [0.5, 0.6) is 0 Å². The summed E-state index contributed by atoms with van der Waals surface area (Å²) < 4.78 is 5.74. The van der Waals surface area contributed by atoms with Crippen molar-refractivity contribution in [1.29, 1.82) is 0 Å². The number of fused-ring (bicyclic) bond motifs is 1. The summed E-state index contributed by atoms with van der Waals surface area (Å²) in [4.78, 5) is 0. The Balaban J connectivity index is 2.06. The molecule has 0 saturated heterocycles. The van der Waals surface area contributed by atoms with E-state index in [1.807, 2.05) is 26.1 Å². The first kappa shape index (κ1) is 12.0. The second-order valence-electron chi connectivity index (χ2n) is 4.78. The van der Waals surface area contributed by atoms with Crippen molar-refractivity contribution in [3.05, 3.63) is 71.7 Å². The number of hydrogen-bond donors (Lipinski definition) is 1. The molecule has 0 amide bonds. The number of rotatable bonds is 3. The average Bonchev–Trinajstić information content (AvgIpc) is 2.86. The second-order valence-corrected chi connectivity index (χ2v) is 4.78. The molecule has 1 heterocycles. The molecule has 0 radical (unpaired) electrons. The largest absolute Gasteiger partial charge is 0.464 e. The van der Waals surface area contributed by atoms with Gasteiger partial charge in [-0.2, -0.15) is 0 Å². The highest BCUT2D eigenvalue weighted by Crippen LogP contribution is 2.26. The molecule has 3 rings (SSSR count). The molecule has 0 spiro atoms. The lowest BCUT2D eigenvalue weighted by atomic mass is 10.0. The van der Waals surface area contributed by atoms with Crippen molar-refractivity contribution in [2.75, 3.05) is 7.05 Å². The van der Waals surface area contributed by atoms with Crippen LogP contribution < -0.4 is 5.32 Å². The summed E-state index contributed by atoms with van der Waals surface area (Å²) in [6.07, 6.45) is 0. The standard InChI is InChI=1S/C17H17NO/c1-12-7-10-16(19-12)17(18-2)15-9-8-13-5-3-4-6-14(13)11-15/h3-11,17-18H,1-2H3. The Kier molecular flexibility index (Phi) is 3.10. The summed E-state index contributed by atoms with van der Waals surface area (Å²) in [6.45, 7) is 1.97. The van der Waals surface area contributed by atoms with E-state index in [1.165, 1.54) is 16.3 Å². The molecule has 1 N–H and O–H groups in total. The molecule has 1 aromatic heterocycles. The summed E-state index contributed by atoms with van der Waals surface area (Å²) in [5.74, 6) is 1.89. The maximum absolute atomic E-state index is 5.74. The van der Waals surface area contributed by atoms with Gasteiger partial charge in [-0.05, 0) is 48.5 Å². The van der Waals surface area contributed by atoms with Crippen LogP contribution in [0.4, 0.5) is 0 Å². The second kappa shape index (κ2) is 4.90. The van der Waals surface area contributed by atoms with Crippen molar-refractivity contribution in [3.63, 3.8) is 0 Å². The van der Waals surface area contributed by atoms with Crippen molar-refractivity contribution in [1.82, 2.24) is 5.32 Å². The Bertz CT molecular complexity index is 699. The molecule has 0 fully saturated rings. The van der Waals surface area contributed by atoms with Crippen LogP contribution in [-0.4, -0.2) is 7.05 Å². The first-order valence-electron chi connectivity index (χ1n) is 6.50. The van der Waals surface area contributed by atoms with E-state index in [1.54, 1.807) is 0 Å². The van der Waals surface area contributed by atoms with Gasteiger partial charge in [0.2, 0.25) is 0 Å². The molecular formula is C17H17NO. The molecule has 19 heavy (non-hydrogen) atoms. The summed E-state index contributed by atoms with van der Waals surface area (Å²) in [5.41, 5.74) is 1.22. The molecule has 96 valence electrons. The number of aryl methyl sites for hydroxylation is 1. The zero-order chi connectivity index (χ0) is 13.2. The van der Waals surface area contributed by atoms with Crippen molar-refractivity contribution >= 4 is 10.8 Å². The smallest absolute Gasteiger partial charge is 0.125 e. The van der Waals surface area contributed by atoms with Gasteiger partial charge < -0.3 is 9.73 Å². The van der Waals surface area contributed by atoms with Crippen LogP contribution in [0.15, 0.2) is 59.0 Å². The number of hydrogen-bond acceptors (Lipinski definition) is 2. The van der Waals surface area contributed by atoms with Crippen LogP contribution in [0.25, 0.3) is 10.8 Å². The average molecular weight is 251 g/mol. The van der Waals surface area contributed by atoms with Gasteiger partial charge in [0.15, 0.2) is 0 Å². The van der Waals surface area contributed by atoms with E-state index in [-0.39, 0.29) is 6.04 Å². The Labute approximate surface area is 113 Å². The minimum absolute atomic E-state index is 0.0957. The van der Waals surface area contributed by atoms with Crippen LogP contribution in [-0.2, 0) is 0 Å². The van der Waals surface area contributed by atoms with E-state index in [0.717, 1.165) is 11.5 Å². The topological polar surface area (TPSA) is 25.2 Å². The molecule has 0 saturated carbocycles. The SMILES string of the molecule is CNC(c1ccc2ccccc2c1)c1ccc(C)o1. The van der Waals surface area contributed by atoms with E-state index in [4.69, 9.17) is 4.42 Å². The van der Waals surface area contributed by atoms with E-state index >= 15 is 0 Å². The van der Waals surface area contributed by atoms with Crippen LogP contribution in [0, 0.1) is 6.92 Å². The van der Waals surface area contributed by atoms with Gasteiger partial charge >= 0.3 is 0 Å². The molecule has 0 aliphatic carbocycles. The van der Waals surface area contributed by atoms with Crippen LogP contribution in [0.3, 0.4) is 0 Å². The molecule has 2 heteroatoms. The number of benzene rings is 2. The van der Waals surface area contributed by atoms with Gasteiger partial charge in [0.1, 0.15) is 11.5 Å². The maximum Gasteiger partial charge on any atom is 0.125 e. The quantitative estimate of drug-likeness (QED) is 0.759. The fraction of sp³-hybridized carbons (Fsp3) is 0.176. The zero-order valence-electron chi connectivity index (χ0n) is 11.2. The number of nitrogens with one attached hydrogen (secondary N) is 1. The Hall–Kier alpha value is -2.06. The Morgan fingerprint density at radius 3 is 2.42 bits per heavy atom. The summed E-state index contributed by atoms with van der Waals surface area (Å²) in [6, 6.07) is 19.1. The molecule has 0 aliphatic heterocycles. The third-order valence-electron chi connectivity index (χ3n) is 3.44. The lowest BCUT2D eigenvalue weighted by Gasteiger charge is -2.15. The Morgan fingerprint density at radius 1 is 0.947 bits per heavy atom. The Morgan fingerprint density at radius 2 is 1.74 bits per heavy atom. The maximum atomic E-state index is 5.74. The third kappa shape index (κ3) is 2.27. The van der Waals surface area contributed by atoms with Crippen molar-refractivity contribution in [2.24, 2.45) is 0 Å². The molecule has 0 aliphatic rings.